The number of amides is 1. The van der Waals surface area contributed by atoms with Crippen LogP contribution in [0.4, 0.5) is 0 Å². The summed E-state index contributed by atoms with van der Waals surface area (Å²) >= 11 is 6.09. The standard InChI is InChI=1S/C27H38ClN3O5/c1-29-25-24(26(33)30-12-14-35-15-13-32)11-8-21(16-19-6-9-22(28)10-7-19)27(31-25)36-18-20-4-3-5-23(17-20)34-2/h5-7,9-10,17,21,24,27,32H,3-4,8,11-16,18H2,1-2H3,(H,29,31)(H,30,33). The van der Waals surface area contributed by atoms with E-state index in [0.29, 0.717) is 37.0 Å². The average molecular weight is 520 g/mol. The highest BCUT2D eigenvalue weighted by atomic mass is 35.5. The summed E-state index contributed by atoms with van der Waals surface area (Å²) in [5.41, 5.74) is 2.35. The van der Waals surface area contributed by atoms with Gasteiger partial charge in [-0.2, -0.15) is 0 Å². The molecule has 198 valence electrons. The topological polar surface area (TPSA) is 101 Å². The Kier molecular flexibility index (Phi) is 11.7. The van der Waals surface area contributed by atoms with Crippen LogP contribution in [0, 0.1) is 11.8 Å². The molecule has 3 atom stereocenters. The molecule has 1 aliphatic heterocycles. The van der Waals surface area contributed by atoms with E-state index in [0.717, 1.165) is 31.4 Å². The third-order valence-electron chi connectivity index (χ3n) is 6.47. The quantitative estimate of drug-likeness (QED) is 0.366. The van der Waals surface area contributed by atoms with Gasteiger partial charge in [-0.15, -0.1) is 0 Å². The van der Waals surface area contributed by atoms with Crippen LogP contribution in [0.1, 0.15) is 31.2 Å². The van der Waals surface area contributed by atoms with Crippen molar-refractivity contribution in [2.45, 2.75) is 38.3 Å². The molecule has 1 aromatic rings. The number of nitrogens with one attached hydrogen (secondary N) is 2. The normalized spacial score (nSPS) is 23.3. The van der Waals surface area contributed by atoms with Crippen LogP contribution in [0.2, 0.25) is 5.02 Å². The van der Waals surface area contributed by atoms with E-state index in [9.17, 15) is 4.79 Å². The molecule has 1 amide bonds. The van der Waals surface area contributed by atoms with Gasteiger partial charge in [0.25, 0.3) is 0 Å². The molecule has 1 heterocycles. The lowest BCUT2D eigenvalue weighted by Crippen LogP contribution is -2.46. The highest BCUT2D eigenvalue weighted by molar-refractivity contribution is 6.30. The van der Waals surface area contributed by atoms with Crippen molar-refractivity contribution in [2.75, 3.05) is 47.1 Å². The first kappa shape index (κ1) is 28.2. The van der Waals surface area contributed by atoms with Crippen LogP contribution in [0.15, 0.2) is 52.7 Å². The molecule has 0 saturated carbocycles. The minimum atomic E-state index is -0.397. The van der Waals surface area contributed by atoms with Gasteiger partial charge < -0.3 is 30.0 Å². The van der Waals surface area contributed by atoms with E-state index < -0.39 is 5.92 Å². The third-order valence-corrected chi connectivity index (χ3v) is 6.72. The zero-order chi connectivity index (χ0) is 25.8. The van der Waals surface area contributed by atoms with Crippen molar-refractivity contribution < 1.29 is 24.1 Å². The van der Waals surface area contributed by atoms with Gasteiger partial charge in [0.2, 0.25) is 5.91 Å². The molecule has 1 aliphatic carbocycles. The second-order valence-electron chi connectivity index (χ2n) is 8.98. The number of benzene rings is 1. The maximum absolute atomic E-state index is 13.0. The predicted molar refractivity (Wildman–Crippen MR) is 141 cm³/mol. The zero-order valence-corrected chi connectivity index (χ0v) is 21.9. The third kappa shape index (κ3) is 8.62. The van der Waals surface area contributed by atoms with Crippen molar-refractivity contribution in [1.82, 2.24) is 10.6 Å². The SMILES string of the molecule is CN=C1NC(OCC2=CC(OC)=CCC2)C(Cc2ccc(Cl)cc2)CCC1C(=O)NCCOCCO. The number of ether oxygens (including phenoxy) is 3. The molecule has 9 heteroatoms. The van der Waals surface area contributed by atoms with Crippen LogP contribution in [0.5, 0.6) is 0 Å². The lowest BCUT2D eigenvalue weighted by atomic mass is 9.91. The van der Waals surface area contributed by atoms with Gasteiger partial charge in [0, 0.05) is 24.5 Å². The van der Waals surface area contributed by atoms with E-state index in [2.05, 4.69) is 21.7 Å². The van der Waals surface area contributed by atoms with E-state index in [1.54, 1.807) is 14.2 Å². The Morgan fingerprint density at radius 2 is 2.06 bits per heavy atom. The number of amidine groups is 1. The summed E-state index contributed by atoms with van der Waals surface area (Å²) in [6.45, 7) is 1.42. The Labute approximate surface area is 218 Å². The number of allylic oxidation sites excluding steroid dienone is 2. The fourth-order valence-electron chi connectivity index (χ4n) is 4.54. The second kappa shape index (κ2) is 15.0. The molecule has 1 aromatic carbocycles. The van der Waals surface area contributed by atoms with E-state index in [4.69, 9.17) is 30.9 Å². The van der Waals surface area contributed by atoms with Gasteiger partial charge in [-0.3, -0.25) is 9.79 Å². The molecule has 1 saturated heterocycles. The highest BCUT2D eigenvalue weighted by Gasteiger charge is 2.34. The molecule has 0 spiro atoms. The molecular weight excluding hydrogens is 482 g/mol. The molecule has 0 aromatic heterocycles. The second-order valence-corrected chi connectivity index (χ2v) is 9.42. The van der Waals surface area contributed by atoms with E-state index in [1.165, 1.54) is 11.1 Å². The van der Waals surface area contributed by atoms with Gasteiger partial charge >= 0.3 is 0 Å². The smallest absolute Gasteiger partial charge is 0.230 e. The van der Waals surface area contributed by atoms with E-state index >= 15 is 0 Å². The first-order chi connectivity index (χ1) is 17.5. The van der Waals surface area contributed by atoms with Crippen LogP contribution in [-0.4, -0.2) is 70.2 Å². The van der Waals surface area contributed by atoms with Crippen LogP contribution in [0.25, 0.3) is 0 Å². The Hall–Kier alpha value is -2.39. The van der Waals surface area contributed by atoms with E-state index in [-0.39, 0.29) is 31.3 Å². The minimum Gasteiger partial charge on any atom is -0.497 e. The first-order valence-corrected chi connectivity index (χ1v) is 12.9. The van der Waals surface area contributed by atoms with Gasteiger partial charge in [-0.1, -0.05) is 23.7 Å². The lowest BCUT2D eigenvalue weighted by molar-refractivity contribution is -0.123. The van der Waals surface area contributed by atoms with Crippen molar-refractivity contribution in [1.29, 1.82) is 0 Å². The molecular formula is C27H38ClN3O5. The van der Waals surface area contributed by atoms with Crippen molar-refractivity contribution >= 4 is 23.3 Å². The summed E-state index contributed by atoms with van der Waals surface area (Å²) in [4.78, 5) is 17.4. The number of hydrogen-bond acceptors (Lipinski definition) is 6. The van der Waals surface area contributed by atoms with Crippen molar-refractivity contribution in [3.63, 3.8) is 0 Å². The van der Waals surface area contributed by atoms with Gasteiger partial charge in [0.1, 0.15) is 17.8 Å². The number of aliphatic imine (C=N–C) groups is 1. The zero-order valence-electron chi connectivity index (χ0n) is 21.2. The van der Waals surface area contributed by atoms with Gasteiger partial charge in [-0.25, -0.2) is 0 Å². The van der Waals surface area contributed by atoms with E-state index in [1.807, 2.05) is 30.3 Å². The molecule has 3 rings (SSSR count). The number of carbonyl (C=O) groups is 1. The summed E-state index contributed by atoms with van der Waals surface area (Å²) in [5.74, 6) is 1.14. The van der Waals surface area contributed by atoms with Crippen LogP contribution >= 0.6 is 11.6 Å². The average Bonchev–Trinajstić information content (AvgIpc) is 3.07. The van der Waals surface area contributed by atoms with Gasteiger partial charge in [0.05, 0.1) is 39.5 Å². The molecule has 3 unspecified atom stereocenters. The fraction of sp³-hybridized carbons (Fsp3) is 0.556. The molecule has 0 bridgehead atoms. The number of aliphatic hydroxyl groups is 1. The lowest BCUT2D eigenvalue weighted by Gasteiger charge is -2.28. The molecule has 0 radical (unpaired) electrons. The van der Waals surface area contributed by atoms with Crippen LogP contribution in [-0.2, 0) is 25.4 Å². The van der Waals surface area contributed by atoms with Crippen LogP contribution in [0.3, 0.4) is 0 Å². The number of methoxy groups -OCH3 is 1. The predicted octanol–water partition coefficient (Wildman–Crippen LogP) is 3.24. The first-order valence-electron chi connectivity index (χ1n) is 12.5. The molecule has 3 N–H and O–H groups in total. The van der Waals surface area contributed by atoms with Crippen molar-refractivity contribution in [3.05, 3.63) is 58.3 Å². The maximum atomic E-state index is 13.0. The fourth-order valence-corrected chi connectivity index (χ4v) is 4.67. The monoisotopic (exact) mass is 519 g/mol. The number of nitrogens with zero attached hydrogens (tertiary/aromatic N) is 1. The highest BCUT2D eigenvalue weighted by Crippen LogP contribution is 2.28. The minimum absolute atomic E-state index is 0.0382. The molecule has 36 heavy (non-hydrogen) atoms. The number of halogens is 1. The summed E-state index contributed by atoms with van der Waals surface area (Å²) in [7, 11) is 3.37. The molecule has 8 nitrogen and oxygen atoms in total. The Morgan fingerprint density at radius 1 is 1.25 bits per heavy atom. The van der Waals surface area contributed by atoms with Gasteiger partial charge in [0.15, 0.2) is 0 Å². The maximum Gasteiger partial charge on any atom is 0.230 e. The largest absolute Gasteiger partial charge is 0.497 e. The van der Waals surface area contributed by atoms with Crippen LogP contribution < -0.4 is 10.6 Å². The Bertz CT molecular complexity index is 932. The summed E-state index contributed by atoms with van der Waals surface area (Å²) in [6.07, 6.45) is 7.91. The molecule has 2 aliphatic rings. The Balaban J connectivity index is 1.71. The summed E-state index contributed by atoms with van der Waals surface area (Å²) < 4.78 is 17.1. The number of hydrogen-bond donors (Lipinski definition) is 3. The number of carbonyl (C=O) groups excluding carboxylic acids is 1. The number of aliphatic hydroxyl groups excluding tert-OH is 1. The van der Waals surface area contributed by atoms with Crippen molar-refractivity contribution in [2.24, 2.45) is 16.8 Å². The van der Waals surface area contributed by atoms with Gasteiger partial charge in [-0.05, 0) is 67.5 Å². The summed E-state index contributed by atoms with van der Waals surface area (Å²) in [5, 5.41) is 15.9. The Morgan fingerprint density at radius 3 is 2.78 bits per heavy atom. The molecule has 1 fully saturated rings. The van der Waals surface area contributed by atoms with Crippen molar-refractivity contribution in [3.8, 4) is 0 Å². The summed E-state index contributed by atoms with van der Waals surface area (Å²) in [6, 6.07) is 7.87. The number of rotatable bonds is 12.